The molecule has 4 aromatic carbocycles. The average Bonchev–Trinajstić information content (AvgIpc) is 3.54. The normalized spacial score (nSPS) is 17.5. The molecule has 1 amide bonds. The van der Waals surface area contributed by atoms with E-state index in [1.807, 2.05) is 30.3 Å². The highest BCUT2D eigenvalue weighted by atomic mass is 35.5. The van der Waals surface area contributed by atoms with Crippen LogP contribution in [0.3, 0.4) is 0 Å². The molecule has 7 rings (SSSR count). The molecule has 10 heteroatoms. The number of carbonyl (C=O) groups is 2. The largest absolute Gasteiger partial charge is 0.507 e. The second kappa shape index (κ2) is 10.5. The molecule has 1 N–H and O–H groups in total. The number of hydrogen-bond acceptors (Lipinski definition) is 8. The quantitative estimate of drug-likeness (QED) is 0.131. The molecule has 1 atom stereocenters. The molecule has 2 aliphatic heterocycles. The molecule has 2 aliphatic rings. The molecule has 8 nitrogen and oxygen atoms in total. The Balaban J connectivity index is 1.39. The Kier molecular flexibility index (Phi) is 6.53. The maximum absolute atomic E-state index is 13.7. The van der Waals surface area contributed by atoms with Gasteiger partial charge in [-0.2, -0.15) is 0 Å². The van der Waals surface area contributed by atoms with Gasteiger partial charge in [-0.1, -0.05) is 53.3 Å². The number of nitrogens with zero attached hydrogens (tertiary/aromatic N) is 2. The number of thiazole rings is 1. The van der Waals surface area contributed by atoms with E-state index in [0.717, 1.165) is 4.70 Å². The van der Waals surface area contributed by atoms with E-state index < -0.39 is 17.7 Å². The van der Waals surface area contributed by atoms with Crippen LogP contribution in [0.25, 0.3) is 16.0 Å². The Bertz CT molecular complexity index is 1900. The summed E-state index contributed by atoms with van der Waals surface area (Å²) in [7, 11) is 0. The second-order valence-electron chi connectivity index (χ2n) is 9.62. The molecule has 1 aromatic heterocycles. The van der Waals surface area contributed by atoms with Gasteiger partial charge in [-0.3, -0.25) is 14.5 Å². The van der Waals surface area contributed by atoms with Crippen LogP contribution in [0.5, 0.6) is 23.0 Å². The highest BCUT2D eigenvalue weighted by molar-refractivity contribution is 7.22. The first-order valence-corrected chi connectivity index (χ1v) is 14.3. The van der Waals surface area contributed by atoms with Gasteiger partial charge in [0.05, 0.1) is 21.8 Å². The lowest BCUT2D eigenvalue weighted by Crippen LogP contribution is -2.29. The third-order valence-corrected chi connectivity index (χ3v) is 8.21. The standard InChI is InChI=1S/C32H21ClN2O6S/c33-20-10-11-23-26(17-20)42-32(34-23)35-28(18-5-4-8-22(15-18)41-21-6-2-1-3-7-21)27(30(37)31(35)38)29(36)19-9-12-24-25(16-19)40-14-13-39-24/h1-12,15-17,28,36H,13-14H2. The second-order valence-corrected chi connectivity index (χ2v) is 11.1. The zero-order chi connectivity index (χ0) is 28.8. The number of Topliss-reactive ketones (excluding diaryl/α,β-unsaturated/α-hetero) is 1. The maximum atomic E-state index is 13.7. The van der Waals surface area contributed by atoms with Gasteiger partial charge in [0.15, 0.2) is 16.6 Å². The number of hydrogen-bond donors (Lipinski definition) is 1. The van der Waals surface area contributed by atoms with Gasteiger partial charge in [0, 0.05) is 10.6 Å². The van der Waals surface area contributed by atoms with Crippen molar-refractivity contribution in [2.75, 3.05) is 18.1 Å². The summed E-state index contributed by atoms with van der Waals surface area (Å²) in [6, 6.07) is 25.5. The summed E-state index contributed by atoms with van der Waals surface area (Å²) in [4.78, 5) is 33.3. The summed E-state index contributed by atoms with van der Waals surface area (Å²) in [5.41, 5.74) is 1.42. The van der Waals surface area contributed by atoms with E-state index in [1.54, 1.807) is 60.7 Å². The molecule has 208 valence electrons. The number of aromatic nitrogens is 1. The fraction of sp³-hybridized carbons (Fsp3) is 0.0938. The molecule has 1 fully saturated rings. The zero-order valence-electron chi connectivity index (χ0n) is 21.8. The average molecular weight is 597 g/mol. The molecule has 0 aliphatic carbocycles. The monoisotopic (exact) mass is 596 g/mol. The number of aliphatic hydroxyl groups is 1. The Hall–Kier alpha value is -4.86. The SMILES string of the molecule is O=C1C(=O)N(c2nc3ccc(Cl)cc3s2)C(c2cccc(Oc3ccccc3)c2)C1=C(O)c1ccc2c(c1)OCCO2. The Labute approximate surface area is 249 Å². The van der Waals surface area contributed by atoms with Crippen LogP contribution in [0.15, 0.2) is 96.6 Å². The predicted molar refractivity (Wildman–Crippen MR) is 160 cm³/mol. The minimum Gasteiger partial charge on any atom is -0.507 e. The molecule has 1 saturated heterocycles. The van der Waals surface area contributed by atoms with Crippen LogP contribution in [-0.4, -0.2) is 35.0 Å². The van der Waals surface area contributed by atoms with Gasteiger partial charge >= 0.3 is 5.91 Å². The lowest BCUT2D eigenvalue weighted by atomic mass is 9.95. The Morgan fingerprint density at radius 1 is 0.905 bits per heavy atom. The van der Waals surface area contributed by atoms with Gasteiger partial charge in [0.2, 0.25) is 0 Å². The van der Waals surface area contributed by atoms with Gasteiger partial charge in [0.1, 0.15) is 30.5 Å². The molecule has 42 heavy (non-hydrogen) atoms. The smallest absolute Gasteiger partial charge is 0.301 e. The third kappa shape index (κ3) is 4.62. The fourth-order valence-electron chi connectivity index (χ4n) is 5.05. The Morgan fingerprint density at radius 3 is 2.52 bits per heavy atom. The molecule has 0 saturated carbocycles. The van der Waals surface area contributed by atoms with Crippen LogP contribution in [0.4, 0.5) is 5.13 Å². The summed E-state index contributed by atoms with van der Waals surface area (Å²) in [5, 5.41) is 12.4. The number of aliphatic hydroxyl groups excluding tert-OH is 1. The number of para-hydroxylation sites is 1. The number of ether oxygens (including phenoxy) is 3. The van der Waals surface area contributed by atoms with Crippen LogP contribution in [0, 0.1) is 0 Å². The first-order chi connectivity index (χ1) is 20.5. The van der Waals surface area contributed by atoms with E-state index in [4.69, 9.17) is 25.8 Å². The van der Waals surface area contributed by atoms with Crippen LogP contribution >= 0.6 is 22.9 Å². The van der Waals surface area contributed by atoms with E-state index in [9.17, 15) is 14.7 Å². The van der Waals surface area contributed by atoms with Crippen molar-refractivity contribution >= 4 is 55.7 Å². The molecule has 3 heterocycles. The van der Waals surface area contributed by atoms with Crippen molar-refractivity contribution < 1.29 is 28.9 Å². The number of benzene rings is 4. The van der Waals surface area contributed by atoms with Gasteiger partial charge in [-0.25, -0.2) is 4.98 Å². The maximum Gasteiger partial charge on any atom is 0.301 e. The molecule has 0 radical (unpaired) electrons. The van der Waals surface area contributed by atoms with E-state index in [2.05, 4.69) is 4.98 Å². The van der Waals surface area contributed by atoms with Crippen LogP contribution in [-0.2, 0) is 9.59 Å². The summed E-state index contributed by atoms with van der Waals surface area (Å²) in [6.45, 7) is 0.773. The number of rotatable bonds is 5. The molecule has 0 spiro atoms. The van der Waals surface area contributed by atoms with Gasteiger partial charge in [-0.15, -0.1) is 0 Å². The van der Waals surface area contributed by atoms with Crippen molar-refractivity contribution in [2.45, 2.75) is 6.04 Å². The molecule has 1 unspecified atom stereocenters. The van der Waals surface area contributed by atoms with E-state index in [-0.39, 0.29) is 11.3 Å². The number of fused-ring (bicyclic) bond motifs is 2. The lowest BCUT2D eigenvalue weighted by molar-refractivity contribution is -0.132. The summed E-state index contributed by atoms with van der Waals surface area (Å²) >= 11 is 7.43. The molecule has 5 aromatic rings. The molecule has 0 bridgehead atoms. The summed E-state index contributed by atoms with van der Waals surface area (Å²) in [5.74, 6) is 0.128. The van der Waals surface area contributed by atoms with Gasteiger partial charge in [-0.05, 0) is 66.2 Å². The van der Waals surface area contributed by atoms with Crippen molar-refractivity contribution in [1.29, 1.82) is 0 Å². The first-order valence-electron chi connectivity index (χ1n) is 13.1. The minimum absolute atomic E-state index is 0.0779. The number of amides is 1. The lowest BCUT2D eigenvalue weighted by Gasteiger charge is -2.23. The van der Waals surface area contributed by atoms with E-state index >= 15 is 0 Å². The van der Waals surface area contributed by atoms with Crippen LogP contribution in [0.1, 0.15) is 17.2 Å². The number of carbonyl (C=O) groups excluding carboxylic acids is 2. The molecular formula is C32H21ClN2O6S. The Morgan fingerprint density at radius 2 is 1.69 bits per heavy atom. The van der Waals surface area contributed by atoms with Crippen molar-refractivity contribution in [2.24, 2.45) is 0 Å². The van der Waals surface area contributed by atoms with Crippen molar-refractivity contribution in [3.05, 3.63) is 113 Å². The van der Waals surface area contributed by atoms with Crippen LogP contribution in [0.2, 0.25) is 5.02 Å². The number of anilines is 1. The van der Waals surface area contributed by atoms with Crippen molar-refractivity contribution in [1.82, 2.24) is 4.98 Å². The fourth-order valence-corrected chi connectivity index (χ4v) is 6.32. The minimum atomic E-state index is -0.992. The third-order valence-electron chi connectivity index (χ3n) is 6.96. The topological polar surface area (TPSA) is 98.2 Å². The summed E-state index contributed by atoms with van der Waals surface area (Å²) < 4.78 is 18.1. The summed E-state index contributed by atoms with van der Waals surface area (Å²) in [6.07, 6.45) is 0. The first kappa shape index (κ1) is 26.1. The number of ketones is 1. The van der Waals surface area contributed by atoms with Crippen molar-refractivity contribution in [3.63, 3.8) is 0 Å². The number of halogens is 1. The predicted octanol–water partition coefficient (Wildman–Crippen LogP) is 7.14. The van der Waals surface area contributed by atoms with Crippen molar-refractivity contribution in [3.8, 4) is 23.0 Å². The van der Waals surface area contributed by atoms with Gasteiger partial charge < -0.3 is 19.3 Å². The van der Waals surface area contributed by atoms with Gasteiger partial charge in [0.25, 0.3) is 5.78 Å². The van der Waals surface area contributed by atoms with E-state index in [1.165, 1.54) is 16.2 Å². The van der Waals surface area contributed by atoms with E-state index in [0.29, 0.717) is 63.0 Å². The van der Waals surface area contributed by atoms with Crippen LogP contribution < -0.4 is 19.1 Å². The highest BCUT2D eigenvalue weighted by Crippen LogP contribution is 2.46. The zero-order valence-corrected chi connectivity index (χ0v) is 23.4. The molecular weight excluding hydrogens is 576 g/mol. The highest BCUT2D eigenvalue weighted by Gasteiger charge is 2.48.